The van der Waals surface area contributed by atoms with E-state index < -0.39 is 21.8 Å². The Morgan fingerprint density at radius 2 is 1.68 bits per heavy atom. The van der Waals surface area contributed by atoms with Gasteiger partial charge in [0.1, 0.15) is 0 Å². The van der Waals surface area contributed by atoms with Gasteiger partial charge in [0.15, 0.2) is 0 Å². The van der Waals surface area contributed by atoms with E-state index in [0.29, 0.717) is 16.1 Å². The van der Waals surface area contributed by atoms with Crippen LogP contribution in [0.2, 0.25) is 0 Å². The fourth-order valence-electron chi connectivity index (χ4n) is 2.06. The molecule has 0 saturated carbocycles. The monoisotopic (exact) mass is 367 g/mol. The van der Waals surface area contributed by atoms with Gasteiger partial charge in [-0.05, 0) is 36.4 Å². The predicted molar refractivity (Wildman–Crippen MR) is 85.6 cm³/mol. The number of alkyl halides is 3. The molecule has 0 aliphatic rings. The van der Waals surface area contributed by atoms with E-state index in [-0.39, 0.29) is 5.82 Å². The lowest BCUT2D eigenvalue weighted by molar-refractivity contribution is -0.159. The first kappa shape index (κ1) is 17.2. The quantitative estimate of drug-likeness (QED) is 0.681. The van der Waals surface area contributed by atoms with Crippen molar-refractivity contribution in [2.45, 2.75) is 11.1 Å². The van der Waals surface area contributed by atoms with Crippen molar-refractivity contribution in [3.63, 3.8) is 0 Å². The van der Waals surface area contributed by atoms with Crippen molar-refractivity contribution in [2.24, 2.45) is 4.36 Å². The lowest BCUT2D eigenvalue weighted by atomic mass is 10.2. The Morgan fingerprint density at radius 1 is 1.04 bits per heavy atom. The van der Waals surface area contributed by atoms with Crippen LogP contribution in [-0.2, 0) is 15.9 Å². The third-order valence-corrected chi connectivity index (χ3v) is 4.96. The molecule has 3 aromatic rings. The van der Waals surface area contributed by atoms with Crippen molar-refractivity contribution < 1.29 is 21.9 Å². The summed E-state index contributed by atoms with van der Waals surface area (Å²) in [5, 5.41) is 3.31. The molecule has 3 rings (SSSR count). The standard InChI is InChI=1S/C16H12F3N3O2S/c1-25(23,22-12-5-3-2-4-6-12)13-9-7-11(8-10-13)14-20-15(24-21-14)16(17,18)19/h2-10H,1H3. The first-order valence-electron chi connectivity index (χ1n) is 7.04. The van der Waals surface area contributed by atoms with E-state index in [1.54, 1.807) is 24.3 Å². The van der Waals surface area contributed by atoms with Crippen LogP contribution < -0.4 is 0 Å². The third-order valence-electron chi connectivity index (χ3n) is 3.25. The van der Waals surface area contributed by atoms with Gasteiger partial charge in [0, 0.05) is 16.7 Å². The van der Waals surface area contributed by atoms with Gasteiger partial charge in [-0.3, -0.25) is 0 Å². The summed E-state index contributed by atoms with van der Waals surface area (Å²) in [6.45, 7) is 0. The van der Waals surface area contributed by atoms with Gasteiger partial charge >= 0.3 is 12.1 Å². The van der Waals surface area contributed by atoms with Crippen molar-refractivity contribution in [1.29, 1.82) is 0 Å². The lowest BCUT2D eigenvalue weighted by Crippen LogP contribution is -2.04. The average molecular weight is 367 g/mol. The molecule has 0 fully saturated rings. The van der Waals surface area contributed by atoms with E-state index in [4.69, 9.17) is 0 Å². The van der Waals surface area contributed by atoms with Gasteiger partial charge in [-0.2, -0.15) is 22.5 Å². The SMILES string of the molecule is CS(=O)(=Nc1ccccc1)c1ccc(-c2noc(C(F)(F)F)n2)cc1. The van der Waals surface area contributed by atoms with Crippen LogP contribution in [0.3, 0.4) is 0 Å². The Kier molecular flexibility index (Phi) is 4.34. The van der Waals surface area contributed by atoms with Crippen LogP contribution in [0.4, 0.5) is 18.9 Å². The molecule has 1 unspecified atom stereocenters. The summed E-state index contributed by atoms with van der Waals surface area (Å²) in [6, 6.07) is 14.9. The molecule has 0 N–H and O–H groups in total. The zero-order valence-corrected chi connectivity index (χ0v) is 13.7. The number of benzene rings is 2. The minimum absolute atomic E-state index is 0.193. The summed E-state index contributed by atoms with van der Waals surface area (Å²) in [7, 11) is -2.70. The zero-order valence-electron chi connectivity index (χ0n) is 12.9. The first-order chi connectivity index (χ1) is 11.8. The molecule has 5 nitrogen and oxygen atoms in total. The van der Waals surface area contributed by atoms with Crippen molar-refractivity contribution in [3.8, 4) is 11.4 Å². The molecule has 0 amide bonds. The van der Waals surface area contributed by atoms with E-state index in [1.807, 2.05) is 6.07 Å². The van der Waals surface area contributed by atoms with E-state index in [1.165, 1.54) is 30.5 Å². The fraction of sp³-hybridized carbons (Fsp3) is 0.125. The molecule has 1 aromatic heterocycles. The van der Waals surface area contributed by atoms with Crippen LogP contribution in [0.25, 0.3) is 11.4 Å². The number of rotatable bonds is 3. The summed E-state index contributed by atoms with van der Waals surface area (Å²) in [6.07, 6.45) is -3.21. The molecule has 130 valence electrons. The highest BCUT2D eigenvalue weighted by Crippen LogP contribution is 2.29. The fourth-order valence-corrected chi connectivity index (χ4v) is 3.33. The second-order valence-corrected chi connectivity index (χ2v) is 7.43. The van der Waals surface area contributed by atoms with Crippen LogP contribution in [0.1, 0.15) is 5.89 Å². The van der Waals surface area contributed by atoms with E-state index in [0.717, 1.165) is 0 Å². The number of halogens is 3. The van der Waals surface area contributed by atoms with Crippen LogP contribution in [0.15, 0.2) is 68.4 Å². The summed E-state index contributed by atoms with van der Waals surface area (Å²) in [5.41, 5.74) is 0.893. The van der Waals surface area contributed by atoms with Crippen LogP contribution in [0, 0.1) is 0 Å². The zero-order chi connectivity index (χ0) is 18.1. The normalized spacial score (nSPS) is 14.1. The summed E-state index contributed by atoms with van der Waals surface area (Å²) >= 11 is 0. The predicted octanol–water partition coefficient (Wildman–Crippen LogP) is 4.54. The smallest absolute Gasteiger partial charge is 0.329 e. The van der Waals surface area contributed by atoms with Crippen molar-refractivity contribution in [3.05, 3.63) is 60.5 Å². The summed E-state index contributed by atoms with van der Waals surface area (Å²) in [4.78, 5) is 3.76. The Hall–Kier alpha value is -2.68. The molecule has 1 atom stereocenters. The van der Waals surface area contributed by atoms with Gasteiger partial charge in [0.05, 0.1) is 15.4 Å². The van der Waals surface area contributed by atoms with Crippen molar-refractivity contribution in [2.75, 3.05) is 6.26 Å². The first-order valence-corrected chi connectivity index (χ1v) is 8.96. The minimum atomic E-state index is -4.70. The van der Waals surface area contributed by atoms with Crippen LogP contribution in [0.5, 0.6) is 0 Å². The maximum absolute atomic E-state index is 12.8. The van der Waals surface area contributed by atoms with E-state index in [9.17, 15) is 17.4 Å². The second kappa shape index (κ2) is 6.32. The maximum Gasteiger partial charge on any atom is 0.471 e. The van der Waals surface area contributed by atoms with Gasteiger partial charge in [-0.1, -0.05) is 23.4 Å². The van der Waals surface area contributed by atoms with E-state index in [2.05, 4.69) is 19.0 Å². The van der Waals surface area contributed by atoms with Gasteiger partial charge in [0.2, 0.25) is 5.82 Å². The van der Waals surface area contributed by atoms with Gasteiger partial charge < -0.3 is 4.52 Å². The Bertz CT molecular complexity index is 989. The molecule has 9 heteroatoms. The molecular weight excluding hydrogens is 355 g/mol. The summed E-state index contributed by atoms with van der Waals surface area (Å²) in [5.74, 6) is -1.61. The maximum atomic E-state index is 12.8. The highest BCUT2D eigenvalue weighted by Gasteiger charge is 2.38. The Balaban J connectivity index is 1.91. The largest absolute Gasteiger partial charge is 0.471 e. The number of hydrogen-bond donors (Lipinski definition) is 0. The number of aromatic nitrogens is 2. The molecule has 0 saturated heterocycles. The lowest BCUT2D eigenvalue weighted by Gasteiger charge is -2.05. The number of hydrogen-bond acceptors (Lipinski definition) is 5. The summed E-state index contributed by atoms with van der Waals surface area (Å²) < 4.78 is 58.7. The molecule has 0 aliphatic heterocycles. The number of nitrogens with zero attached hydrogens (tertiary/aromatic N) is 3. The molecule has 0 aliphatic carbocycles. The van der Waals surface area contributed by atoms with Crippen LogP contribution >= 0.6 is 0 Å². The van der Waals surface area contributed by atoms with E-state index >= 15 is 0 Å². The highest BCUT2D eigenvalue weighted by molar-refractivity contribution is 7.93. The highest BCUT2D eigenvalue weighted by atomic mass is 32.2. The molecule has 1 heterocycles. The van der Waals surface area contributed by atoms with Gasteiger partial charge in [-0.15, -0.1) is 0 Å². The Labute approximate surface area is 141 Å². The van der Waals surface area contributed by atoms with Gasteiger partial charge in [-0.25, -0.2) is 4.21 Å². The molecule has 0 spiro atoms. The Morgan fingerprint density at radius 3 is 2.24 bits per heavy atom. The topological polar surface area (TPSA) is 68.3 Å². The van der Waals surface area contributed by atoms with Crippen LogP contribution in [-0.4, -0.2) is 20.6 Å². The van der Waals surface area contributed by atoms with Gasteiger partial charge in [0.25, 0.3) is 0 Å². The van der Waals surface area contributed by atoms with Crippen molar-refractivity contribution in [1.82, 2.24) is 10.1 Å². The van der Waals surface area contributed by atoms with Crippen molar-refractivity contribution >= 4 is 15.4 Å². The molecule has 0 radical (unpaired) electrons. The molecular formula is C16H12F3N3O2S. The molecule has 25 heavy (non-hydrogen) atoms. The minimum Gasteiger partial charge on any atom is -0.329 e. The molecule has 2 aromatic carbocycles. The second-order valence-electron chi connectivity index (χ2n) is 5.17. The third kappa shape index (κ3) is 3.87. The average Bonchev–Trinajstić information content (AvgIpc) is 3.06. The molecule has 0 bridgehead atoms.